The van der Waals surface area contributed by atoms with E-state index in [1.807, 2.05) is 30.3 Å². The Morgan fingerprint density at radius 1 is 1.05 bits per heavy atom. The Morgan fingerprint density at radius 2 is 1.78 bits per heavy atom. The Labute approximate surface area is 223 Å². The smallest absolute Gasteiger partial charge is 0.229 e. The molecule has 196 valence electrons. The Hall–Kier alpha value is -2.80. The van der Waals surface area contributed by atoms with Crippen LogP contribution >= 0.6 is 18.7 Å². The van der Waals surface area contributed by atoms with E-state index in [4.69, 9.17) is 16.3 Å². The zero-order chi connectivity index (χ0) is 26.2. The van der Waals surface area contributed by atoms with Gasteiger partial charge >= 0.3 is 0 Å². The number of nitrogens with zero attached hydrogens (tertiary/aromatic N) is 4. The van der Waals surface area contributed by atoms with E-state index in [0.717, 1.165) is 35.5 Å². The number of ether oxygens (including phenoxy) is 1. The van der Waals surface area contributed by atoms with Crippen LogP contribution in [0.2, 0.25) is 5.02 Å². The SMILES string of the molecule is COc1cc(N2CC3(CCN(C)CC3)C2)ccc1Nc1ncc(Cl)c(Nc2ccccc2P(C)(C)=O)n1. The van der Waals surface area contributed by atoms with Crippen LogP contribution in [0.4, 0.5) is 28.8 Å². The fourth-order valence-corrected chi connectivity index (χ4v) is 6.44. The molecule has 0 saturated carbocycles. The third kappa shape index (κ3) is 5.57. The number of hydrogen-bond acceptors (Lipinski definition) is 8. The summed E-state index contributed by atoms with van der Waals surface area (Å²) in [6, 6.07) is 13.7. The number of para-hydroxylation sites is 1. The van der Waals surface area contributed by atoms with Gasteiger partial charge < -0.3 is 29.7 Å². The lowest BCUT2D eigenvalue weighted by Crippen LogP contribution is -2.60. The van der Waals surface area contributed by atoms with Crippen molar-refractivity contribution in [3.05, 3.63) is 53.7 Å². The van der Waals surface area contributed by atoms with Crippen LogP contribution in [0.15, 0.2) is 48.7 Å². The van der Waals surface area contributed by atoms with Crippen molar-refractivity contribution in [3.8, 4) is 5.75 Å². The molecule has 0 radical (unpaired) electrons. The van der Waals surface area contributed by atoms with Crippen LogP contribution in [0.5, 0.6) is 5.75 Å². The highest BCUT2D eigenvalue weighted by molar-refractivity contribution is 7.70. The molecule has 10 heteroatoms. The third-order valence-electron chi connectivity index (χ3n) is 7.38. The summed E-state index contributed by atoms with van der Waals surface area (Å²) >= 11 is 6.40. The second kappa shape index (κ2) is 10.2. The van der Waals surface area contributed by atoms with Gasteiger partial charge in [0.05, 0.1) is 24.7 Å². The van der Waals surface area contributed by atoms with Crippen molar-refractivity contribution >= 4 is 52.9 Å². The Bertz CT molecular complexity index is 1330. The predicted octanol–water partition coefficient (Wildman–Crippen LogP) is 5.41. The summed E-state index contributed by atoms with van der Waals surface area (Å²) in [7, 11) is 1.37. The first-order valence-electron chi connectivity index (χ1n) is 12.5. The maximum absolute atomic E-state index is 12.8. The van der Waals surface area contributed by atoms with Gasteiger partial charge in [-0.05, 0) is 70.6 Å². The minimum atomic E-state index is -2.50. The van der Waals surface area contributed by atoms with Crippen LogP contribution in [-0.4, -0.2) is 68.5 Å². The van der Waals surface area contributed by atoms with Crippen molar-refractivity contribution in [2.24, 2.45) is 5.41 Å². The third-order valence-corrected chi connectivity index (χ3v) is 9.21. The molecule has 5 rings (SSSR count). The van der Waals surface area contributed by atoms with Crippen molar-refractivity contribution in [3.63, 3.8) is 0 Å². The van der Waals surface area contributed by atoms with E-state index >= 15 is 0 Å². The number of likely N-dealkylation sites (tertiary alicyclic amines) is 1. The number of aromatic nitrogens is 2. The van der Waals surface area contributed by atoms with Crippen molar-refractivity contribution in [1.29, 1.82) is 0 Å². The van der Waals surface area contributed by atoms with Gasteiger partial charge in [-0.3, -0.25) is 0 Å². The number of anilines is 5. The summed E-state index contributed by atoms with van der Waals surface area (Å²) in [4.78, 5) is 13.8. The van der Waals surface area contributed by atoms with Crippen LogP contribution < -0.4 is 25.6 Å². The monoisotopic (exact) mass is 540 g/mol. The zero-order valence-corrected chi connectivity index (χ0v) is 23.4. The van der Waals surface area contributed by atoms with Crippen molar-refractivity contribution in [1.82, 2.24) is 14.9 Å². The number of halogens is 1. The average Bonchev–Trinajstić information content (AvgIpc) is 2.85. The zero-order valence-electron chi connectivity index (χ0n) is 21.8. The topological polar surface area (TPSA) is 82.6 Å². The van der Waals surface area contributed by atoms with Crippen molar-refractivity contribution in [2.45, 2.75) is 12.8 Å². The summed E-state index contributed by atoms with van der Waals surface area (Å²) < 4.78 is 18.5. The molecule has 3 heterocycles. The molecule has 2 saturated heterocycles. The molecule has 0 aliphatic carbocycles. The maximum Gasteiger partial charge on any atom is 0.229 e. The largest absolute Gasteiger partial charge is 0.494 e. The molecule has 0 amide bonds. The van der Waals surface area contributed by atoms with Gasteiger partial charge in [0.25, 0.3) is 0 Å². The van der Waals surface area contributed by atoms with Gasteiger partial charge in [-0.1, -0.05) is 23.7 Å². The molecule has 2 fully saturated rings. The number of benzene rings is 2. The minimum Gasteiger partial charge on any atom is -0.494 e. The maximum atomic E-state index is 12.8. The van der Waals surface area contributed by atoms with Gasteiger partial charge in [0.15, 0.2) is 5.82 Å². The Morgan fingerprint density at radius 3 is 2.49 bits per heavy atom. The molecule has 1 spiro atoms. The molecule has 2 N–H and O–H groups in total. The fraction of sp³-hybridized carbons (Fsp3) is 0.407. The highest BCUT2D eigenvalue weighted by Gasteiger charge is 2.44. The summed E-state index contributed by atoms with van der Waals surface area (Å²) in [5, 5.41) is 7.60. The summed E-state index contributed by atoms with van der Waals surface area (Å²) in [6.07, 6.45) is 4.07. The van der Waals surface area contributed by atoms with Crippen LogP contribution in [0, 0.1) is 5.41 Å². The molecular weight excluding hydrogens is 507 g/mol. The molecule has 2 aromatic carbocycles. The molecule has 8 nitrogen and oxygen atoms in total. The molecule has 0 bridgehead atoms. The highest BCUT2D eigenvalue weighted by Crippen LogP contribution is 2.44. The first-order chi connectivity index (χ1) is 17.7. The Balaban J connectivity index is 1.32. The second-order valence-electron chi connectivity index (χ2n) is 10.6. The summed E-state index contributed by atoms with van der Waals surface area (Å²) in [5.41, 5.74) is 3.09. The van der Waals surface area contributed by atoms with Crippen LogP contribution in [0.1, 0.15) is 12.8 Å². The van der Waals surface area contributed by atoms with Crippen LogP contribution in [-0.2, 0) is 4.57 Å². The lowest BCUT2D eigenvalue weighted by molar-refractivity contribution is 0.0906. The molecule has 1 aromatic heterocycles. The molecule has 37 heavy (non-hydrogen) atoms. The van der Waals surface area contributed by atoms with E-state index in [2.05, 4.69) is 49.6 Å². The lowest BCUT2D eigenvalue weighted by Gasteiger charge is -2.54. The quantitative estimate of drug-likeness (QED) is 0.385. The number of rotatable bonds is 7. The van der Waals surface area contributed by atoms with Gasteiger partial charge in [-0.2, -0.15) is 4.98 Å². The minimum absolute atomic E-state index is 0.366. The average molecular weight is 541 g/mol. The molecule has 2 aliphatic rings. The summed E-state index contributed by atoms with van der Waals surface area (Å²) in [6.45, 7) is 8.03. The predicted molar refractivity (Wildman–Crippen MR) is 154 cm³/mol. The second-order valence-corrected chi connectivity index (χ2v) is 14.1. The standard InChI is InChI=1S/C27H34ClN6O2P/c1-33-13-11-27(12-14-33)17-34(18-27)19-9-10-21(23(15-19)36-2)31-26-29-16-20(28)25(32-26)30-22-7-5-6-8-24(22)37(3,4)35/h5-10,15-16H,11-14,17-18H2,1-4H3,(H2,29,30,31,32). The van der Waals surface area contributed by atoms with Gasteiger partial charge in [0.2, 0.25) is 5.95 Å². The first kappa shape index (κ1) is 25.8. The van der Waals surface area contributed by atoms with Crippen LogP contribution in [0.3, 0.4) is 0 Å². The van der Waals surface area contributed by atoms with E-state index in [-0.39, 0.29) is 0 Å². The van der Waals surface area contributed by atoms with Gasteiger partial charge in [0.1, 0.15) is 17.9 Å². The molecule has 0 atom stereocenters. The van der Waals surface area contributed by atoms with Gasteiger partial charge in [0, 0.05) is 35.6 Å². The number of hydrogen-bond donors (Lipinski definition) is 2. The number of piperidine rings is 1. The van der Waals surface area contributed by atoms with E-state index in [1.54, 1.807) is 26.6 Å². The molecule has 0 unspecified atom stereocenters. The van der Waals surface area contributed by atoms with Crippen LogP contribution in [0.25, 0.3) is 0 Å². The fourth-order valence-electron chi connectivity index (χ4n) is 5.15. The Kier molecular flexibility index (Phi) is 7.10. The lowest BCUT2D eigenvalue weighted by atomic mass is 9.72. The highest BCUT2D eigenvalue weighted by atomic mass is 35.5. The molecule has 3 aromatic rings. The molecule has 2 aliphatic heterocycles. The molecular formula is C27H34ClN6O2P. The van der Waals surface area contributed by atoms with Gasteiger partial charge in [-0.25, -0.2) is 4.98 Å². The van der Waals surface area contributed by atoms with Crippen molar-refractivity contribution < 1.29 is 9.30 Å². The van der Waals surface area contributed by atoms with E-state index in [0.29, 0.717) is 27.9 Å². The number of nitrogens with one attached hydrogen (secondary N) is 2. The first-order valence-corrected chi connectivity index (χ1v) is 15.5. The van der Waals surface area contributed by atoms with Gasteiger partial charge in [-0.15, -0.1) is 0 Å². The van der Waals surface area contributed by atoms with E-state index in [1.165, 1.54) is 25.9 Å². The normalized spacial score (nSPS) is 17.4. The van der Waals surface area contributed by atoms with E-state index < -0.39 is 7.14 Å². The van der Waals surface area contributed by atoms with E-state index in [9.17, 15) is 4.57 Å². The van der Waals surface area contributed by atoms with Crippen molar-refractivity contribution in [2.75, 3.05) is 69.2 Å². The summed E-state index contributed by atoms with van der Waals surface area (Å²) in [5.74, 6) is 1.53. The number of methoxy groups -OCH3 is 1.